The van der Waals surface area contributed by atoms with Gasteiger partial charge in [-0.1, -0.05) is 23.4 Å². The van der Waals surface area contributed by atoms with Gasteiger partial charge in [-0.25, -0.2) is 9.36 Å². The maximum atomic E-state index is 12.4. The third-order valence-electron chi connectivity index (χ3n) is 3.58. The van der Waals surface area contributed by atoms with Crippen LogP contribution >= 0.6 is 0 Å². The Balaban J connectivity index is 2.02. The summed E-state index contributed by atoms with van der Waals surface area (Å²) < 4.78 is 2.89. The summed E-state index contributed by atoms with van der Waals surface area (Å²) >= 11 is 0. The summed E-state index contributed by atoms with van der Waals surface area (Å²) in [6.07, 6.45) is 1.52. The largest absolute Gasteiger partial charge is 0.326 e. The van der Waals surface area contributed by atoms with Crippen molar-refractivity contribution in [1.29, 1.82) is 0 Å². The Kier molecular flexibility index (Phi) is 3.26. The van der Waals surface area contributed by atoms with Gasteiger partial charge in [0.1, 0.15) is 5.39 Å². The predicted octanol–water partition coefficient (Wildman–Crippen LogP) is 0.340. The van der Waals surface area contributed by atoms with Crippen LogP contribution in [0.15, 0.2) is 29.2 Å². The second-order valence-electron chi connectivity index (χ2n) is 5.02. The van der Waals surface area contributed by atoms with Crippen LogP contribution in [0.3, 0.4) is 0 Å². The second-order valence-corrected chi connectivity index (χ2v) is 5.02. The standard InChI is InChI=1S/C14H16N6O/c1-9-5-10(6-15)3-4-11(9)8-20-14(21)12-7-16-19(2)13(12)17-18-20/h3-5,7H,6,8,15H2,1-2H3. The van der Waals surface area contributed by atoms with Crippen LogP contribution in [0.5, 0.6) is 0 Å². The minimum atomic E-state index is -0.185. The molecular formula is C14H16N6O. The molecule has 0 atom stereocenters. The van der Waals surface area contributed by atoms with Gasteiger partial charge in [-0.2, -0.15) is 5.10 Å². The molecule has 0 aliphatic rings. The Morgan fingerprint density at radius 1 is 1.33 bits per heavy atom. The molecule has 108 valence electrons. The Morgan fingerprint density at radius 3 is 2.86 bits per heavy atom. The molecule has 0 saturated carbocycles. The minimum absolute atomic E-state index is 0.185. The van der Waals surface area contributed by atoms with Crippen LogP contribution in [-0.2, 0) is 20.1 Å². The van der Waals surface area contributed by atoms with E-state index in [-0.39, 0.29) is 5.56 Å². The Hall–Kier alpha value is -2.54. The van der Waals surface area contributed by atoms with Crippen molar-refractivity contribution in [2.24, 2.45) is 12.8 Å². The van der Waals surface area contributed by atoms with E-state index in [2.05, 4.69) is 15.4 Å². The van der Waals surface area contributed by atoms with Gasteiger partial charge in [0, 0.05) is 13.6 Å². The summed E-state index contributed by atoms with van der Waals surface area (Å²) in [6, 6.07) is 5.96. The van der Waals surface area contributed by atoms with Gasteiger partial charge in [0.15, 0.2) is 5.65 Å². The Morgan fingerprint density at radius 2 is 2.14 bits per heavy atom. The molecule has 21 heavy (non-hydrogen) atoms. The highest BCUT2D eigenvalue weighted by Crippen LogP contribution is 2.12. The Labute approximate surface area is 121 Å². The third kappa shape index (κ3) is 2.31. The molecule has 0 unspecified atom stereocenters. The van der Waals surface area contributed by atoms with Crippen molar-refractivity contribution in [1.82, 2.24) is 24.8 Å². The average molecular weight is 284 g/mol. The van der Waals surface area contributed by atoms with Crippen molar-refractivity contribution in [2.75, 3.05) is 0 Å². The lowest BCUT2D eigenvalue weighted by atomic mass is 10.1. The summed E-state index contributed by atoms with van der Waals surface area (Å²) in [4.78, 5) is 12.4. The first-order chi connectivity index (χ1) is 10.1. The van der Waals surface area contributed by atoms with Crippen molar-refractivity contribution < 1.29 is 0 Å². The van der Waals surface area contributed by atoms with Gasteiger partial charge < -0.3 is 5.73 Å². The minimum Gasteiger partial charge on any atom is -0.326 e. The van der Waals surface area contributed by atoms with E-state index < -0.39 is 0 Å². The van der Waals surface area contributed by atoms with Gasteiger partial charge in [0.05, 0.1) is 12.7 Å². The summed E-state index contributed by atoms with van der Waals surface area (Å²) in [5.74, 6) is 0. The van der Waals surface area contributed by atoms with Crippen molar-refractivity contribution in [3.63, 3.8) is 0 Å². The fourth-order valence-corrected chi connectivity index (χ4v) is 2.30. The smallest absolute Gasteiger partial charge is 0.281 e. The predicted molar refractivity (Wildman–Crippen MR) is 78.7 cm³/mol. The number of aryl methyl sites for hydroxylation is 2. The van der Waals surface area contributed by atoms with E-state index in [9.17, 15) is 4.79 Å². The third-order valence-corrected chi connectivity index (χ3v) is 3.58. The monoisotopic (exact) mass is 284 g/mol. The molecule has 0 radical (unpaired) electrons. The van der Waals surface area contributed by atoms with Gasteiger partial charge in [0.25, 0.3) is 5.56 Å². The molecule has 0 aliphatic heterocycles. The van der Waals surface area contributed by atoms with E-state index in [1.165, 1.54) is 15.6 Å². The topological polar surface area (TPSA) is 91.6 Å². The highest BCUT2D eigenvalue weighted by Gasteiger charge is 2.10. The number of nitrogens with two attached hydrogens (primary N) is 1. The molecular weight excluding hydrogens is 268 g/mol. The van der Waals surface area contributed by atoms with E-state index in [1.54, 1.807) is 7.05 Å². The van der Waals surface area contributed by atoms with Gasteiger partial charge in [-0.3, -0.25) is 4.79 Å². The maximum absolute atomic E-state index is 12.4. The first-order valence-electron chi connectivity index (χ1n) is 6.64. The summed E-state index contributed by atoms with van der Waals surface area (Å²) in [5, 5.41) is 12.5. The second kappa shape index (κ2) is 5.10. The molecule has 7 nitrogen and oxygen atoms in total. The van der Waals surface area contributed by atoms with Crippen LogP contribution < -0.4 is 11.3 Å². The van der Waals surface area contributed by atoms with Crippen LogP contribution in [0, 0.1) is 6.92 Å². The molecule has 7 heteroatoms. The number of rotatable bonds is 3. The molecule has 2 N–H and O–H groups in total. The highest BCUT2D eigenvalue weighted by atomic mass is 16.1. The van der Waals surface area contributed by atoms with E-state index in [4.69, 9.17) is 5.73 Å². The first-order valence-corrected chi connectivity index (χ1v) is 6.64. The lowest BCUT2D eigenvalue weighted by Gasteiger charge is -2.08. The maximum Gasteiger partial charge on any atom is 0.281 e. The molecule has 0 bridgehead atoms. The molecule has 0 fully saturated rings. The number of aromatic nitrogens is 5. The molecule has 0 amide bonds. The van der Waals surface area contributed by atoms with Crippen molar-refractivity contribution in [3.05, 3.63) is 51.4 Å². The van der Waals surface area contributed by atoms with Crippen molar-refractivity contribution >= 4 is 11.0 Å². The van der Waals surface area contributed by atoms with Crippen LogP contribution in [0.25, 0.3) is 11.0 Å². The van der Waals surface area contributed by atoms with Crippen LogP contribution in [0.1, 0.15) is 16.7 Å². The lowest BCUT2D eigenvalue weighted by molar-refractivity contribution is 0.593. The highest BCUT2D eigenvalue weighted by molar-refractivity contribution is 5.72. The fourth-order valence-electron chi connectivity index (χ4n) is 2.30. The fraction of sp³-hybridized carbons (Fsp3) is 0.286. The molecule has 2 heterocycles. The number of hydrogen-bond donors (Lipinski definition) is 1. The molecule has 2 aromatic heterocycles. The Bertz CT molecular complexity index is 864. The zero-order chi connectivity index (χ0) is 15.0. The van der Waals surface area contributed by atoms with Gasteiger partial charge in [-0.05, 0) is 23.6 Å². The summed E-state index contributed by atoms with van der Waals surface area (Å²) in [7, 11) is 1.73. The summed E-state index contributed by atoms with van der Waals surface area (Å²) in [6.45, 7) is 2.88. The zero-order valence-corrected chi connectivity index (χ0v) is 11.9. The van der Waals surface area contributed by atoms with E-state index >= 15 is 0 Å². The van der Waals surface area contributed by atoms with Crippen LogP contribution in [-0.4, -0.2) is 24.8 Å². The average Bonchev–Trinajstić information content (AvgIpc) is 2.86. The molecule has 3 aromatic rings. The molecule has 0 spiro atoms. The molecule has 3 rings (SSSR count). The van der Waals surface area contributed by atoms with Crippen LogP contribution in [0.4, 0.5) is 0 Å². The lowest BCUT2D eigenvalue weighted by Crippen LogP contribution is -2.25. The summed E-state index contributed by atoms with van der Waals surface area (Å²) in [5.41, 5.74) is 9.10. The molecule has 0 aliphatic carbocycles. The van der Waals surface area contributed by atoms with Gasteiger partial charge in [0.2, 0.25) is 0 Å². The molecule has 0 saturated heterocycles. The van der Waals surface area contributed by atoms with Crippen molar-refractivity contribution in [3.8, 4) is 0 Å². The molecule has 1 aromatic carbocycles. The van der Waals surface area contributed by atoms with E-state index in [1.807, 2.05) is 25.1 Å². The van der Waals surface area contributed by atoms with Gasteiger partial charge in [-0.15, -0.1) is 5.10 Å². The number of fused-ring (bicyclic) bond motifs is 1. The van der Waals surface area contributed by atoms with Crippen molar-refractivity contribution in [2.45, 2.75) is 20.0 Å². The number of hydrogen-bond acceptors (Lipinski definition) is 5. The van der Waals surface area contributed by atoms with Gasteiger partial charge >= 0.3 is 0 Å². The first kappa shape index (κ1) is 13.4. The zero-order valence-electron chi connectivity index (χ0n) is 11.9. The van der Waals surface area contributed by atoms with E-state index in [0.29, 0.717) is 24.1 Å². The van der Waals surface area contributed by atoms with E-state index in [0.717, 1.165) is 16.7 Å². The number of benzene rings is 1. The normalized spacial score (nSPS) is 11.2. The van der Waals surface area contributed by atoms with Crippen LogP contribution in [0.2, 0.25) is 0 Å². The SMILES string of the molecule is Cc1cc(CN)ccc1Cn1nnc2c(cnn2C)c1=O. The quantitative estimate of drug-likeness (QED) is 0.749. The number of nitrogens with zero attached hydrogens (tertiary/aromatic N) is 5.